The highest BCUT2D eigenvalue weighted by Gasteiger charge is 2.35. The standard InChI is InChI=1S/C19H26O2/c1-12(2)18-14(5)17(10-21-11-20)19(13(3)4)16-9-7-6-8-15(16)18/h6-9,11-13,18-19H,10H2,1-5H3. The fourth-order valence-corrected chi connectivity index (χ4v) is 3.89. The summed E-state index contributed by atoms with van der Waals surface area (Å²) < 4.78 is 5.13. The lowest BCUT2D eigenvalue weighted by molar-refractivity contribution is -0.127. The Bertz CT molecular complexity index is 540. The maximum absolute atomic E-state index is 10.6. The molecule has 114 valence electrons. The van der Waals surface area contributed by atoms with Crippen molar-refractivity contribution in [1.29, 1.82) is 0 Å². The van der Waals surface area contributed by atoms with E-state index in [0.717, 1.165) is 0 Å². The zero-order valence-electron chi connectivity index (χ0n) is 13.7. The molecular formula is C19H26O2. The molecule has 0 aliphatic heterocycles. The first-order valence-electron chi connectivity index (χ1n) is 7.82. The Kier molecular flexibility index (Phi) is 4.87. The van der Waals surface area contributed by atoms with Gasteiger partial charge < -0.3 is 4.74 Å². The number of hydrogen-bond acceptors (Lipinski definition) is 2. The highest BCUT2D eigenvalue weighted by molar-refractivity contribution is 5.50. The van der Waals surface area contributed by atoms with Crippen molar-refractivity contribution in [2.24, 2.45) is 11.8 Å². The lowest BCUT2D eigenvalue weighted by Crippen LogP contribution is -2.26. The summed E-state index contributed by atoms with van der Waals surface area (Å²) in [4.78, 5) is 10.6. The molecule has 0 fully saturated rings. The van der Waals surface area contributed by atoms with Crippen LogP contribution in [0.2, 0.25) is 0 Å². The Hall–Kier alpha value is -1.57. The molecule has 0 N–H and O–H groups in total. The van der Waals surface area contributed by atoms with Gasteiger partial charge in [-0.3, -0.25) is 4.79 Å². The Morgan fingerprint density at radius 3 is 2.05 bits per heavy atom. The van der Waals surface area contributed by atoms with Gasteiger partial charge in [0.2, 0.25) is 0 Å². The van der Waals surface area contributed by atoms with E-state index in [1.807, 2.05) is 0 Å². The van der Waals surface area contributed by atoms with Crippen molar-refractivity contribution in [3.8, 4) is 0 Å². The molecule has 0 spiro atoms. The van der Waals surface area contributed by atoms with Crippen LogP contribution in [0.4, 0.5) is 0 Å². The van der Waals surface area contributed by atoms with E-state index in [0.29, 0.717) is 36.8 Å². The zero-order valence-corrected chi connectivity index (χ0v) is 13.7. The zero-order chi connectivity index (χ0) is 15.6. The van der Waals surface area contributed by atoms with Crippen molar-refractivity contribution >= 4 is 6.47 Å². The smallest absolute Gasteiger partial charge is 0.293 e. The van der Waals surface area contributed by atoms with Crippen LogP contribution in [0.1, 0.15) is 57.6 Å². The highest BCUT2D eigenvalue weighted by Crippen LogP contribution is 2.48. The van der Waals surface area contributed by atoms with Crippen molar-refractivity contribution in [3.05, 3.63) is 46.5 Å². The van der Waals surface area contributed by atoms with E-state index in [-0.39, 0.29) is 0 Å². The Balaban J connectivity index is 2.60. The van der Waals surface area contributed by atoms with Crippen molar-refractivity contribution in [1.82, 2.24) is 0 Å². The van der Waals surface area contributed by atoms with Crippen LogP contribution in [0.25, 0.3) is 0 Å². The van der Waals surface area contributed by atoms with Gasteiger partial charge in [0.25, 0.3) is 6.47 Å². The third-order valence-corrected chi connectivity index (χ3v) is 4.65. The summed E-state index contributed by atoms with van der Waals surface area (Å²) in [5.74, 6) is 1.78. The van der Waals surface area contributed by atoms with Gasteiger partial charge in [-0.25, -0.2) is 0 Å². The number of rotatable bonds is 5. The lowest BCUT2D eigenvalue weighted by Gasteiger charge is -2.38. The van der Waals surface area contributed by atoms with Crippen molar-refractivity contribution in [2.75, 3.05) is 6.61 Å². The molecule has 0 saturated carbocycles. The van der Waals surface area contributed by atoms with Crippen LogP contribution in [0, 0.1) is 11.8 Å². The first kappa shape index (κ1) is 15.8. The van der Waals surface area contributed by atoms with Gasteiger partial charge in [0.1, 0.15) is 6.61 Å². The first-order chi connectivity index (χ1) is 9.99. The topological polar surface area (TPSA) is 26.3 Å². The molecule has 2 unspecified atom stereocenters. The van der Waals surface area contributed by atoms with Gasteiger partial charge in [0.15, 0.2) is 0 Å². The largest absolute Gasteiger partial charge is 0.463 e. The Labute approximate surface area is 128 Å². The van der Waals surface area contributed by atoms with E-state index in [1.165, 1.54) is 22.3 Å². The second-order valence-corrected chi connectivity index (χ2v) is 6.69. The lowest BCUT2D eigenvalue weighted by atomic mass is 9.66. The van der Waals surface area contributed by atoms with Crippen molar-refractivity contribution in [3.63, 3.8) is 0 Å². The van der Waals surface area contributed by atoms with Gasteiger partial charge in [-0.1, -0.05) is 57.5 Å². The van der Waals surface area contributed by atoms with Gasteiger partial charge in [-0.15, -0.1) is 0 Å². The normalized spacial score (nSPS) is 21.7. The molecule has 2 atom stereocenters. The van der Waals surface area contributed by atoms with Crippen LogP contribution >= 0.6 is 0 Å². The summed E-state index contributed by atoms with van der Waals surface area (Å²) in [6.07, 6.45) is 0. The van der Waals surface area contributed by atoms with E-state index in [9.17, 15) is 4.79 Å². The van der Waals surface area contributed by atoms with E-state index < -0.39 is 0 Å². The first-order valence-corrected chi connectivity index (χ1v) is 7.82. The third kappa shape index (κ3) is 2.90. The summed E-state index contributed by atoms with van der Waals surface area (Å²) in [6.45, 7) is 12.2. The number of ether oxygens (including phenoxy) is 1. The third-order valence-electron chi connectivity index (χ3n) is 4.65. The number of fused-ring (bicyclic) bond motifs is 1. The second kappa shape index (κ2) is 6.46. The molecule has 0 aromatic heterocycles. The molecule has 0 bridgehead atoms. The molecule has 1 aliphatic carbocycles. The van der Waals surface area contributed by atoms with Crippen LogP contribution in [0.15, 0.2) is 35.4 Å². The average Bonchev–Trinajstić information content (AvgIpc) is 2.43. The van der Waals surface area contributed by atoms with Crippen LogP contribution in [-0.2, 0) is 9.53 Å². The van der Waals surface area contributed by atoms with E-state index in [1.54, 1.807) is 0 Å². The molecule has 2 nitrogen and oxygen atoms in total. The maximum atomic E-state index is 10.6. The minimum absolute atomic E-state index is 0.344. The Morgan fingerprint density at radius 2 is 1.57 bits per heavy atom. The number of hydrogen-bond donors (Lipinski definition) is 0. The van der Waals surface area contributed by atoms with Crippen molar-refractivity contribution < 1.29 is 9.53 Å². The van der Waals surface area contributed by atoms with E-state index in [2.05, 4.69) is 58.9 Å². The number of carbonyl (C=O) groups excluding carboxylic acids is 1. The van der Waals surface area contributed by atoms with Gasteiger partial charge in [0, 0.05) is 11.8 Å². The van der Waals surface area contributed by atoms with E-state index >= 15 is 0 Å². The van der Waals surface area contributed by atoms with Gasteiger partial charge in [-0.2, -0.15) is 0 Å². The minimum Gasteiger partial charge on any atom is -0.463 e. The van der Waals surface area contributed by atoms with Crippen LogP contribution in [0.3, 0.4) is 0 Å². The highest BCUT2D eigenvalue weighted by atomic mass is 16.5. The summed E-state index contributed by atoms with van der Waals surface area (Å²) in [5, 5.41) is 0. The predicted octanol–water partition coefficient (Wildman–Crippen LogP) is 4.67. The van der Waals surface area contributed by atoms with Gasteiger partial charge in [-0.05, 0) is 35.5 Å². The maximum Gasteiger partial charge on any atom is 0.293 e. The van der Waals surface area contributed by atoms with Crippen LogP contribution in [0.5, 0.6) is 0 Å². The molecule has 1 aromatic rings. The Morgan fingerprint density at radius 1 is 1.05 bits per heavy atom. The SMILES string of the molecule is CC1=C(COC=O)C(C(C)C)c2ccccc2C1C(C)C. The van der Waals surface area contributed by atoms with Crippen molar-refractivity contribution in [2.45, 2.75) is 46.5 Å². The molecule has 1 aliphatic rings. The molecule has 0 saturated heterocycles. The summed E-state index contributed by atoms with van der Waals surface area (Å²) in [6, 6.07) is 8.75. The fourth-order valence-electron chi connectivity index (χ4n) is 3.89. The summed E-state index contributed by atoms with van der Waals surface area (Å²) >= 11 is 0. The predicted molar refractivity (Wildman–Crippen MR) is 86.3 cm³/mol. The molecule has 2 rings (SSSR count). The summed E-state index contributed by atoms with van der Waals surface area (Å²) in [5.41, 5.74) is 5.51. The van der Waals surface area contributed by atoms with E-state index in [4.69, 9.17) is 4.74 Å². The number of carbonyl (C=O) groups is 1. The number of allylic oxidation sites excluding steroid dienone is 1. The molecule has 0 heterocycles. The molecule has 2 heteroatoms. The fraction of sp³-hybridized carbons (Fsp3) is 0.526. The van der Waals surface area contributed by atoms with Crippen LogP contribution in [-0.4, -0.2) is 13.1 Å². The van der Waals surface area contributed by atoms with Crippen LogP contribution < -0.4 is 0 Å². The molecule has 1 aromatic carbocycles. The molecule has 0 radical (unpaired) electrons. The molecular weight excluding hydrogens is 260 g/mol. The monoisotopic (exact) mass is 286 g/mol. The number of benzene rings is 1. The van der Waals surface area contributed by atoms with Gasteiger partial charge in [0.05, 0.1) is 0 Å². The molecule has 0 amide bonds. The van der Waals surface area contributed by atoms with Gasteiger partial charge >= 0.3 is 0 Å². The second-order valence-electron chi connectivity index (χ2n) is 6.69. The quantitative estimate of drug-likeness (QED) is 0.581. The molecule has 21 heavy (non-hydrogen) atoms. The summed E-state index contributed by atoms with van der Waals surface area (Å²) in [7, 11) is 0. The minimum atomic E-state index is 0.344. The average molecular weight is 286 g/mol.